The maximum absolute atomic E-state index is 12.1. The number of hydrogen-bond acceptors (Lipinski definition) is 2. The number of halogens is 1. The van der Waals surface area contributed by atoms with Crippen molar-refractivity contribution < 1.29 is 4.79 Å². The number of aryl methyl sites for hydroxylation is 1. The maximum Gasteiger partial charge on any atom is 0.227 e. The van der Waals surface area contributed by atoms with E-state index in [2.05, 4.69) is 26.2 Å². The summed E-state index contributed by atoms with van der Waals surface area (Å²) >= 11 is 3.41. The van der Waals surface area contributed by atoms with Crippen LogP contribution in [-0.2, 0) is 4.79 Å². The predicted molar refractivity (Wildman–Crippen MR) is 80.3 cm³/mol. The van der Waals surface area contributed by atoms with Crippen LogP contribution in [0.5, 0.6) is 0 Å². The molecule has 0 unspecified atom stereocenters. The number of nitrogens with zero attached hydrogens (tertiary/aromatic N) is 2. The SMILES string of the molecule is CCC(CC)C(=O)Nc1ccc2nc(Br)c(C)n2c1. The standard InChI is InChI=1S/C14H18BrN3O/c1-4-10(5-2)14(19)16-11-6-7-12-17-13(15)9(3)18(12)8-11/h6-8,10H,4-5H2,1-3H3,(H,16,19). The second-order valence-corrected chi connectivity index (χ2v) is 5.39. The Labute approximate surface area is 121 Å². The molecule has 0 aliphatic rings. The number of amides is 1. The number of aromatic nitrogens is 2. The maximum atomic E-state index is 12.1. The first kappa shape index (κ1) is 14.1. The fourth-order valence-electron chi connectivity index (χ4n) is 2.11. The Balaban J connectivity index is 2.26. The molecule has 2 rings (SSSR count). The molecule has 0 bridgehead atoms. The van der Waals surface area contributed by atoms with E-state index >= 15 is 0 Å². The molecule has 0 fully saturated rings. The van der Waals surface area contributed by atoms with E-state index in [1.807, 2.05) is 43.5 Å². The Kier molecular flexibility index (Phi) is 4.24. The van der Waals surface area contributed by atoms with Gasteiger partial charge in [0, 0.05) is 12.1 Å². The van der Waals surface area contributed by atoms with Crippen LogP contribution in [0.3, 0.4) is 0 Å². The third-order valence-electron chi connectivity index (χ3n) is 3.42. The fraction of sp³-hybridized carbons (Fsp3) is 0.429. The Morgan fingerprint density at radius 2 is 2.11 bits per heavy atom. The summed E-state index contributed by atoms with van der Waals surface area (Å²) in [5.74, 6) is 0.160. The first-order valence-corrected chi connectivity index (χ1v) is 7.31. The molecule has 0 radical (unpaired) electrons. The van der Waals surface area contributed by atoms with Crippen LogP contribution in [0.15, 0.2) is 22.9 Å². The summed E-state index contributed by atoms with van der Waals surface area (Å²) in [5.41, 5.74) is 2.69. The number of carbonyl (C=O) groups is 1. The average molecular weight is 324 g/mol. The number of hydrogen-bond donors (Lipinski definition) is 1. The molecule has 0 saturated heterocycles. The highest BCUT2D eigenvalue weighted by molar-refractivity contribution is 9.10. The molecule has 19 heavy (non-hydrogen) atoms. The highest BCUT2D eigenvalue weighted by atomic mass is 79.9. The molecule has 5 heteroatoms. The van der Waals surface area contributed by atoms with Gasteiger partial charge in [0.1, 0.15) is 10.3 Å². The van der Waals surface area contributed by atoms with Gasteiger partial charge in [-0.15, -0.1) is 0 Å². The lowest BCUT2D eigenvalue weighted by Gasteiger charge is -2.13. The summed E-state index contributed by atoms with van der Waals surface area (Å²) in [6.07, 6.45) is 3.63. The van der Waals surface area contributed by atoms with E-state index in [0.29, 0.717) is 0 Å². The molecule has 2 heterocycles. The molecule has 1 amide bonds. The number of fused-ring (bicyclic) bond motifs is 1. The lowest BCUT2D eigenvalue weighted by atomic mass is 10.0. The van der Waals surface area contributed by atoms with Crippen molar-refractivity contribution in [1.82, 2.24) is 9.38 Å². The van der Waals surface area contributed by atoms with Crippen molar-refractivity contribution >= 4 is 33.2 Å². The molecular formula is C14H18BrN3O. The van der Waals surface area contributed by atoms with Gasteiger partial charge in [-0.05, 0) is 47.8 Å². The van der Waals surface area contributed by atoms with Crippen LogP contribution in [-0.4, -0.2) is 15.3 Å². The third-order valence-corrected chi connectivity index (χ3v) is 4.17. The van der Waals surface area contributed by atoms with Crippen molar-refractivity contribution in [3.05, 3.63) is 28.6 Å². The first-order chi connectivity index (χ1) is 9.06. The van der Waals surface area contributed by atoms with Gasteiger partial charge in [-0.2, -0.15) is 0 Å². The average Bonchev–Trinajstić information content (AvgIpc) is 2.67. The van der Waals surface area contributed by atoms with Crippen LogP contribution in [0.2, 0.25) is 0 Å². The first-order valence-electron chi connectivity index (χ1n) is 6.51. The normalized spacial score (nSPS) is 11.2. The lowest BCUT2D eigenvalue weighted by Crippen LogP contribution is -2.21. The minimum atomic E-state index is 0.0753. The van der Waals surface area contributed by atoms with Crippen LogP contribution in [0.25, 0.3) is 5.65 Å². The van der Waals surface area contributed by atoms with E-state index in [-0.39, 0.29) is 11.8 Å². The summed E-state index contributed by atoms with van der Waals surface area (Å²) in [6.45, 7) is 6.05. The van der Waals surface area contributed by atoms with Crippen molar-refractivity contribution in [3.63, 3.8) is 0 Å². The zero-order valence-corrected chi connectivity index (χ0v) is 13.0. The van der Waals surface area contributed by atoms with Gasteiger partial charge in [-0.25, -0.2) is 4.98 Å². The quantitative estimate of drug-likeness (QED) is 0.930. The van der Waals surface area contributed by atoms with Crippen molar-refractivity contribution in [1.29, 1.82) is 0 Å². The van der Waals surface area contributed by atoms with Gasteiger partial charge < -0.3 is 9.72 Å². The summed E-state index contributed by atoms with van der Waals surface area (Å²) in [5, 5.41) is 2.97. The largest absolute Gasteiger partial charge is 0.325 e. The predicted octanol–water partition coefficient (Wildman–Crippen LogP) is 3.78. The van der Waals surface area contributed by atoms with Crippen molar-refractivity contribution in [2.75, 3.05) is 5.32 Å². The molecule has 0 spiro atoms. The van der Waals surface area contributed by atoms with Crippen LogP contribution < -0.4 is 5.32 Å². The molecule has 2 aromatic rings. The van der Waals surface area contributed by atoms with Gasteiger partial charge in [0.2, 0.25) is 5.91 Å². The Morgan fingerprint density at radius 1 is 1.42 bits per heavy atom. The molecule has 2 aromatic heterocycles. The summed E-state index contributed by atoms with van der Waals surface area (Å²) in [6, 6.07) is 3.79. The number of carbonyl (C=O) groups excluding carboxylic acids is 1. The van der Waals surface area contributed by atoms with E-state index in [1.165, 1.54) is 0 Å². The van der Waals surface area contributed by atoms with Gasteiger partial charge in [0.05, 0.1) is 11.4 Å². The second-order valence-electron chi connectivity index (χ2n) is 4.64. The van der Waals surface area contributed by atoms with E-state index < -0.39 is 0 Å². The number of pyridine rings is 1. The van der Waals surface area contributed by atoms with Crippen molar-refractivity contribution in [2.45, 2.75) is 33.6 Å². The van der Waals surface area contributed by atoms with E-state index in [0.717, 1.165) is 34.5 Å². The van der Waals surface area contributed by atoms with E-state index in [1.54, 1.807) is 0 Å². The highest BCUT2D eigenvalue weighted by Gasteiger charge is 2.14. The zero-order chi connectivity index (χ0) is 14.0. The molecule has 0 aromatic carbocycles. The van der Waals surface area contributed by atoms with Crippen LogP contribution >= 0.6 is 15.9 Å². The zero-order valence-electron chi connectivity index (χ0n) is 11.4. The van der Waals surface area contributed by atoms with Crippen LogP contribution in [0.4, 0.5) is 5.69 Å². The summed E-state index contributed by atoms with van der Waals surface area (Å²) in [7, 11) is 0. The molecule has 0 saturated carbocycles. The number of nitrogens with one attached hydrogen (secondary N) is 1. The van der Waals surface area contributed by atoms with E-state index in [4.69, 9.17) is 0 Å². The second kappa shape index (κ2) is 5.74. The molecular weight excluding hydrogens is 306 g/mol. The van der Waals surface area contributed by atoms with Crippen LogP contribution in [0, 0.1) is 12.8 Å². The highest BCUT2D eigenvalue weighted by Crippen LogP contribution is 2.20. The number of rotatable bonds is 4. The fourth-order valence-corrected chi connectivity index (χ4v) is 2.48. The van der Waals surface area contributed by atoms with Gasteiger partial charge in [-0.3, -0.25) is 4.79 Å². The number of imidazole rings is 1. The van der Waals surface area contributed by atoms with Gasteiger partial charge in [0.25, 0.3) is 0 Å². The molecule has 102 valence electrons. The van der Waals surface area contributed by atoms with Crippen molar-refractivity contribution in [2.24, 2.45) is 5.92 Å². The molecule has 0 atom stereocenters. The minimum absolute atomic E-state index is 0.0753. The Hall–Kier alpha value is -1.36. The topological polar surface area (TPSA) is 46.4 Å². The van der Waals surface area contributed by atoms with Gasteiger partial charge in [-0.1, -0.05) is 13.8 Å². The monoisotopic (exact) mass is 323 g/mol. The van der Waals surface area contributed by atoms with Crippen LogP contribution in [0.1, 0.15) is 32.4 Å². The molecule has 4 nitrogen and oxygen atoms in total. The lowest BCUT2D eigenvalue weighted by molar-refractivity contribution is -0.120. The molecule has 0 aliphatic carbocycles. The molecule has 0 aliphatic heterocycles. The summed E-state index contributed by atoms with van der Waals surface area (Å²) < 4.78 is 2.79. The molecule has 1 N–H and O–H groups in total. The van der Waals surface area contributed by atoms with Gasteiger partial charge in [0.15, 0.2) is 0 Å². The van der Waals surface area contributed by atoms with Gasteiger partial charge >= 0.3 is 0 Å². The number of anilines is 1. The minimum Gasteiger partial charge on any atom is -0.325 e. The van der Waals surface area contributed by atoms with Crippen molar-refractivity contribution in [3.8, 4) is 0 Å². The third kappa shape index (κ3) is 2.81. The summed E-state index contributed by atoms with van der Waals surface area (Å²) in [4.78, 5) is 16.4. The Bertz CT molecular complexity index is 602. The Morgan fingerprint density at radius 3 is 2.74 bits per heavy atom. The smallest absolute Gasteiger partial charge is 0.227 e. The van der Waals surface area contributed by atoms with E-state index in [9.17, 15) is 4.79 Å².